The first kappa shape index (κ1) is 32.3. The zero-order valence-corrected chi connectivity index (χ0v) is 32.0. The van der Waals surface area contributed by atoms with Crippen LogP contribution in [0.1, 0.15) is 71.6 Å². The average Bonchev–Trinajstić information content (AvgIpc) is 3.59. The number of rotatable bonds is 3. The normalized spacial score (nSPS) is 28.8. The van der Waals surface area contributed by atoms with Gasteiger partial charge in [-0.25, -0.2) is 0 Å². The predicted octanol–water partition coefficient (Wildman–Crippen LogP) is 13.6. The molecule has 11 rings (SSSR count). The zero-order valence-electron chi connectivity index (χ0n) is 31.2. The van der Waals surface area contributed by atoms with Crippen molar-refractivity contribution >= 4 is 45.0 Å². The molecule has 0 nitrogen and oxygen atoms in total. The van der Waals surface area contributed by atoms with Crippen LogP contribution in [0.4, 0.5) is 0 Å². The monoisotopic (exact) mass is 712 g/mol. The van der Waals surface area contributed by atoms with E-state index in [4.69, 9.17) is 0 Å². The molecule has 0 fully saturated rings. The summed E-state index contributed by atoms with van der Waals surface area (Å²) < 4.78 is 0. The Morgan fingerprint density at radius 1 is 0.648 bits per heavy atom. The number of allylic oxidation sites excluding steroid dienone is 7. The highest BCUT2D eigenvalue weighted by atomic mass is 32.2. The Kier molecular flexibility index (Phi) is 7.15. The van der Waals surface area contributed by atoms with Crippen molar-refractivity contribution in [2.24, 2.45) is 17.3 Å². The van der Waals surface area contributed by atoms with Crippen LogP contribution < -0.4 is 0 Å². The van der Waals surface area contributed by atoms with E-state index in [9.17, 15) is 0 Å². The van der Waals surface area contributed by atoms with Gasteiger partial charge in [0.1, 0.15) is 0 Å². The Labute approximate surface area is 323 Å². The molecule has 4 aliphatic carbocycles. The topological polar surface area (TPSA) is 0 Å². The summed E-state index contributed by atoms with van der Waals surface area (Å²) in [6, 6.07) is 46.3. The van der Waals surface area contributed by atoms with Gasteiger partial charge in [-0.3, -0.25) is 0 Å². The van der Waals surface area contributed by atoms with Crippen molar-refractivity contribution < 1.29 is 0 Å². The van der Waals surface area contributed by atoms with E-state index >= 15 is 0 Å². The summed E-state index contributed by atoms with van der Waals surface area (Å²) >= 11 is 2.06. The van der Waals surface area contributed by atoms with Crippen molar-refractivity contribution in [3.8, 4) is 0 Å². The lowest BCUT2D eigenvalue weighted by Crippen LogP contribution is -2.54. The molecule has 0 spiro atoms. The molecule has 0 aromatic heterocycles. The number of thioether (sulfide) groups is 1. The third-order valence-electron chi connectivity index (χ3n) is 14.2. The minimum Gasteiger partial charge on any atom is -0.117 e. The van der Waals surface area contributed by atoms with Gasteiger partial charge in [0.2, 0.25) is 0 Å². The van der Waals surface area contributed by atoms with Crippen LogP contribution >= 0.6 is 11.8 Å². The number of fused-ring (bicyclic) bond motifs is 9. The standard InChI is InChI=1S/C53H44S/c1-33-39(45-31-46-41-19-11-13-23-48(41)54-51(46)42-20-9-8-18-40(42)45)26-27-44-49(37-25-24-34-14-4-6-16-36(34)30-37)43-21-10-12-22-47(43)53(3,50(33)44)52(2)29-28-35-15-5-7-17-38(35)32-52/h4-31,33,39,41,48,50H,32H2,1-3H3. The van der Waals surface area contributed by atoms with E-state index in [1.807, 2.05) is 0 Å². The van der Waals surface area contributed by atoms with Gasteiger partial charge in [0, 0.05) is 27.4 Å². The highest BCUT2D eigenvalue weighted by Gasteiger charge is 2.57. The molecule has 54 heavy (non-hydrogen) atoms. The molecule has 262 valence electrons. The summed E-state index contributed by atoms with van der Waals surface area (Å²) in [4.78, 5) is 1.47. The van der Waals surface area contributed by atoms with Gasteiger partial charge < -0.3 is 0 Å². The summed E-state index contributed by atoms with van der Waals surface area (Å²) in [5.74, 6) is 1.31. The summed E-state index contributed by atoms with van der Waals surface area (Å²) in [6.45, 7) is 7.76. The lowest BCUT2D eigenvalue weighted by atomic mass is 9.45. The summed E-state index contributed by atoms with van der Waals surface area (Å²) in [6.07, 6.45) is 20.5. The van der Waals surface area contributed by atoms with E-state index in [-0.39, 0.29) is 22.7 Å². The minimum absolute atomic E-state index is 0.116. The first-order valence-corrected chi connectivity index (χ1v) is 20.7. The largest absolute Gasteiger partial charge is 0.117 e. The molecular weight excluding hydrogens is 669 g/mol. The molecule has 0 amide bonds. The molecular formula is C53H44S. The fourth-order valence-corrected chi connectivity index (χ4v) is 12.8. The number of hydrogen-bond acceptors (Lipinski definition) is 1. The van der Waals surface area contributed by atoms with E-state index in [2.05, 4.69) is 202 Å². The van der Waals surface area contributed by atoms with Crippen molar-refractivity contribution in [3.05, 3.63) is 208 Å². The molecule has 0 radical (unpaired) electrons. The molecule has 0 N–H and O–H groups in total. The summed E-state index contributed by atoms with van der Waals surface area (Å²) in [5, 5.41) is 5.88. The van der Waals surface area contributed by atoms with Crippen LogP contribution in [0.15, 0.2) is 174 Å². The van der Waals surface area contributed by atoms with Crippen molar-refractivity contribution in [1.29, 1.82) is 0 Å². The molecule has 5 aliphatic rings. The third kappa shape index (κ3) is 4.51. The Balaban J connectivity index is 1.17. The molecule has 0 saturated carbocycles. The molecule has 6 aromatic carbocycles. The highest BCUT2D eigenvalue weighted by molar-refractivity contribution is 8.00. The van der Waals surface area contributed by atoms with Gasteiger partial charge in [0.15, 0.2) is 0 Å². The van der Waals surface area contributed by atoms with E-state index < -0.39 is 0 Å². The fourth-order valence-electron chi connectivity index (χ4n) is 11.4. The van der Waals surface area contributed by atoms with Gasteiger partial charge in [-0.1, -0.05) is 185 Å². The second-order valence-electron chi connectivity index (χ2n) is 16.8. The van der Waals surface area contributed by atoms with Gasteiger partial charge in [0.05, 0.1) is 0 Å². The van der Waals surface area contributed by atoms with Crippen LogP contribution in [0.25, 0.3) is 33.2 Å². The second-order valence-corrected chi connectivity index (χ2v) is 18.0. The quantitative estimate of drug-likeness (QED) is 0.176. The maximum Gasteiger partial charge on any atom is 0.0381 e. The molecule has 6 aromatic rings. The Morgan fingerprint density at radius 2 is 1.41 bits per heavy atom. The lowest BCUT2D eigenvalue weighted by molar-refractivity contribution is 0.107. The summed E-state index contributed by atoms with van der Waals surface area (Å²) in [7, 11) is 0. The maximum absolute atomic E-state index is 2.62. The molecule has 7 unspecified atom stereocenters. The van der Waals surface area contributed by atoms with Gasteiger partial charge in [0.25, 0.3) is 0 Å². The highest BCUT2D eigenvalue weighted by Crippen LogP contribution is 2.64. The van der Waals surface area contributed by atoms with Crippen LogP contribution in [0.2, 0.25) is 0 Å². The molecule has 1 heterocycles. The summed E-state index contributed by atoms with van der Waals surface area (Å²) in [5.41, 5.74) is 12.6. The van der Waals surface area contributed by atoms with Crippen LogP contribution in [-0.2, 0) is 11.8 Å². The Morgan fingerprint density at radius 3 is 2.31 bits per heavy atom. The second kappa shape index (κ2) is 11.9. The average molecular weight is 713 g/mol. The fraction of sp³-hybridized carbons (Fsp3) is 0.208. The SMILES string of the molecule is CC1C(c2cc3c(c4ccccc24)SC2C=CC=CC32)C=CC2=C(c3ccc4ccccc4c3)c3ccccc3C(C)(C3(C)C=Cc4ccccc4C3)C21. The zero-order chi connectivity index (χ0) is 36.2. The van der Waals surface area contributed by atoms with Gasteiger partial charge in [-0.2, -0.15) is 0 Å². The van der Waals surface area contributed by atoms with Gasteiger partial charge in [-0.15, -0.1) is 11.8 Å². The van der Waals surface area contributed by atoms with Crippen molar-refractivity contribution in [2.75, 3.05) is 0 Å². The predicted molar refractivity (Wildman–Crippen MR) is 230 cm³/mol. The smallest absolute Gasteiger partial charge is 0.0381 e. The van der Waals surface area contributed by atoms with Gasteiger partial charge in [-0.05, 0) is 101 Å². The maximum atomic E-state index is 2.62. The van der Waals surface area contributed by atoms with Crippen molar-refractivity contribution in [1.82, 2.24) is 0 Å². The molecule has 1 heteroatoms. The van der Waals surface area contributed by atoms with Crippen molar-refractivity contribution in [2.45, 2.75) is 54.6 Å². The van der Waals surface area contributed by atoms with Gasteiger partial charge >= 0.3 is 0 Å². The van der Waals surface area contributed by atoms with Crippen LogP contribution in [0.3, 0.4) is 0 Å². The Bertz CT molecular complexity index is 2700. The van der Waals surface area contributed by atoms with E-state index in [0.29, 0.717) is 17.1 Å². The van der Waals surface area contributed by atoms with E-state index in [0.717, 1.165) is 6.42 Å². The Hall–Kier alpha value is -5.11. The molecule has 1 aliphatic heterocycles. The van der Waals surface area contributed by atoms with E-state index in [1.54, 1.807) is 0 Å². The van der Waals surface area contributed by atoms with Crippen molar-refractivity contribution in [3.63, 3.8) is 0 Å². The molecule has 7 atom stereocenters. The molecule has 0 saturated heterocycles. The van der Waals surface area contributed by atoms with Crippen LogP contribution in [0, 0.1) is 17.3 Å². The molecule has 0 bridgehead atoms. The van der Waals surface area contributed by atoms with E-state index in [1.165, 1.54) is 76.5 Å². The minimum atomic E-state index is -0.184. The first-order valence-electron chi connectivity index (χ1n) is 19.8. The van der Waals surface area contributed by atoms with Crippen LogP contribution in [-0.4, -0.2) is 5.25 Å². The third-order valence-corrected chi connectivity index (χ3v) is 15.6. The number of benzene rings is 6. The number of hydrogen-bond donors (Lipinski definition) is 0. The lowest BCUT2D eigenvalue weighted by Gasteiger charge is -2.58. The first-order chi connectivity index (χ1) is 26.4. The van der Waals surface area contributed by atoms with Crippen LogP contribution in [0.5, 0.6) is 0 Å².